The maximum absolute atomic E-state index is 13.3. The van der Waals surface area contributed by atoms with E-state index in [-0.39, 0.29) is 16.6 Å². The Kier molecular flexibility index (Phi) is 5.69. The Morgan fingerprint density at radius 1 is 1.32 bits per heavy atom. The Morgan fingerprint density at radius 3 is 2.68 bits per heavy atom. The minimum Gasteiger partial charge on any atom is -0.375 e. The maximum atomic E-state index is 13.3. The second-order valence-electron chi connectivity index (χ2n) is 4.71. The number of sulfonamides is 1. The summed E-state index contributed by atoms with van der Waals surface area (Å²) >= 11 is 1.25. The highest BCUT2D eigenvalue weighted by Crippen LogP contribution is 2.23. The Hall–Kier alpha value is -1.28. The van der Waals surface area contributed by atoms with E-state index < -0.39 is 16.1 Å². The number of aryl methyl sites for hydroxylation is 1. The molecule has 1 heterocycles. The third-order valence-corrected chi connectivity index (χ3v) is 6.36. The van der Waals surface area contributed by atoms with Gasteiger partial charge in [0.05, 0.1) is 6.10 Å². The van der Waals surface area contributed by atoms with Crippen LogP contribution in [0.2, 0.25) is 0 Å². The van der Waals surface area contributed by atoms with E-state index in [0.29, 0.717) is 5.56 Å². The third kappa shape index (κ3) is 4.13. The first-order valence-corrected chi connectivity index (χ1v) is 9.13. The zero-order valence-corrected chi connectivity index (χ0v) is 14.0. The van der Waals surface area contributed by atoms with Crippen LogP contribution in [0.5, 0.6) is 0 Å². The molecule has 0 aliphatic carbocycles. The highest BCUT2D eigenvalue weighted by atomic mass is 32.2. The minimum atomic E-state index is -3.58. The summed E-state index contributed by atoms with van der Waals surface area (Å²) in [7, 11) is -2.12. The lowest BCUT2D eigenvalue weighted by molar-refractivity contribution is 0.107. The summed E-state index contributed by atoms with van der Waals surface area (Å²) in [6.45, 7) is 2.02. The minimum absolute atomic E-state index is 0.0433. The molecule has 1 aromatic heterocycles. The molecule has 22 heavy (non-hydrogen) atoms. The Bertz CT molecular complexity index is 728. The molecule has 2 aromatic rings. The number of methoxy groups -OCH3 is 1. The second-order valence-corrected chi connectivity index (χ2v) is 7.87. The van der Waals surface area contributed by atoms with Crippen molar-refractivity contribution in [1.82, 2.24) is 4.72 Å². The average molecular weight is 343 g/mol. The van der Waals surface area contributed by atoms with Crippen LogP contribution >= 0.6 is 11.3 Å². The molecule has 0 aliphatic rings. The SMILES string of the molecule is CCc1ccc(S(=O)(=O)NCC(OC)c2cccc(F)c2)s1. The van der Waals surface area contributed by atoms with Gasteiger partial charge in [-0.25, -0.2) is 17.5 Å². The molecule has 0 saturated carbocycles. The molecule has 0 fully saturated rings. The first-order chi connectivity index (χ1) is 10.5. The summed E-state index contributed by atoms with van der Waals surface area (Å²) in [5, 5.41) is 0. The zero-order chi connectivity index (χ0) is 16.2. The molecular weight excluding hydrogens is 325 g/mol. The molecule has 1 aromatic carbocycles. The summed E-state index contributed by atoms with van der Waals surface area (Å²) in [4.78, 5) is 1.01. The molecular formula is C15H18FNO3S2. The highest BCUT2D eigenvalue weighted by Gasteiger charge is 2.19. The molecule has 1 N–H and O–H groups in total. The van der Waals surface area contributed by atoms with Crippen molar-refractivity contribution in [2.75, 3.05) is 13.7 Å². The van der Waals surface area contributed by atoms with E-state index in [4.69, 9.17) is 4.74 Å². The van der Waals surface area contributed by atoms with E-state index in [9.17, 15) is 12.8 Å². The van der Waals surface area contributed by atoms with Crippen LogP contribution in [0.3, 0.4) is 0 Å². The van der Waals surface area contributed by atoms with E-state index in [1.807, 2.05) is 6.92 Å². The van der Waals surface area contributed by atoms with Crippen LogP contribution in [-0.4, -0.2) is 22.1 Å². The van der Waals surface area contributed by atoms with Gasteiger partial charge >= 0.3 is 0 Å². The number of rotatable bonds is 7. The summed E-state index contributed by atoms with van der Waals surface area (Å²) in [6, 6.07) is 9.33. The van der Waals surface area contributed by atoms with Crippen LogP contribution in [0.25, 0.3) is 0 Å². The number of hydrogen-bond acceptors (Lipinski definition) is 4. The summed E-state index contributed by atoms with van der Waals surface area (Å²) in [5.74, 6) is -0.381. The molecule has 0 aliphatic heterocycles. The van der Waals surface area contributed by atoms with E-state index in [0.717, 1.165) is 11.3 Å². The Labute approximate surface area is 134 Å². The molecule has 0 spiro atoms. The van der Waals surface area contributed by atoms with Gasteiger partial charge in [-0.1, -0.05) is 19.1 Å². The molecule has 0 amide bonds. The van der Waals surface area contributed by atoms with Crippen molar-refractivity contribution in [1.29, 1.82) is 0 Å². The van der Waals surface area contributed by atoms with Crippen LogP contribution in [0.1, 0.15) is 23.5 Å². The molecule has 0 bridgehead atoms. The normalized spacial score (nSPS) is 13.2. The first-order valence-electron chi connectivity index (χ1n) is 6.83. The Balaban J connectivity index is 2.09. The predicted octanol–water partition coefficient (Wildman–Crippen LogP) is 3.12. The van der Waals surface area contributed by atoms with Crippen LogP contribution in [0.4, 0.5) is 4.39 Å². The highest BCUT2D eigenvalue weighted by molar-refractivity contribution is 7.91. The number of hydrogen-bond donors (Lipinski definition) is 1. The standard InChI is InChI=1S/C15H18FNO3S2/c1-3-13-7-8-15(21-13)22(18,19)17-10-14(20-2)11-5-4-6-12(16)9-11/h4-9,14,17H,3,10H2,1-2H3. The van der Waals surface area contributed by atoms with Crippen LogP contribution in [0, 0.1) is 5.82 Å². The topological polar surface area (TPSA) is 55.4 Å². The number of halogens is 1. The van der Waals surface area contributed by atoms with Crippen molar-refractivity contribution in [3.05, 3.63) is 52.7 Å². The number of benzene rings is 1. The lowest BCUT2D eigenvalue weighted by Crippen LogP contribution is -2.28. The van der Waals surface area contributed by atoms with E-state index in [1.54, 1.807) is 24.3 Å². The molecule has 2 rings (SSSR count). The van der Waals surface area contributed by atoms with Gasteiger partial charge in [0.2, 0.25) is 10.0 Å². The molecule has 0 saturated heterocycles. The van der Waals surface area contributed by atoms with Crippen molar-refractivity contribution in [2.45, 2.75) is 23.7 Å². The van der Waals surface area contributed by atoms with Crippen LogP contribution < -0.4 is 4.72 Å². The fourth-order valence-corrected chi connectivity index (χ4v) is 4.37. The Morgan fingerprint density at radius 2 is 2.09 bits per heavy atom. The number of nitrogens with one attached hydrogen (secondary N) is 1. The van der Waals surface area contributed by atoms with E-state index >= 15 is 0 Å². The molecule has 7 heteroatoms. The molecule has 4 nitrogen and oxygen atoms in total. The van der Waals surface area contributed by atoms with Gasteiger partial charge in [0.1, 0.15) is 10.0 Å². The van der Waals surface area contributed by atoms with Crippen molar-refractivity contribution < 1.29 is 17.5 Å². The summed E-state index contributed by atoms with van der Waals surface area (Å²) < 4.78 is 45.8. The second kappa shape index (κ2) is 7.32. The lowest BCUT2D eigenvalue weighted by atomic mass is 10.1. The monoisotopic (exact) mass is 343 g/mol. The fraction of sp³-hybridized carbons (Fsp3) is 0.333. The summed E-state index contributed by atoms with van der Waals surface area (Å²) in [6.07, 6.45) is 0.251. The number of ether oxygens (including phenoxy) is 1. The van der Waals surface area contributed by atoms with Gasteiger partial charge in [-0.05, 0) is 36.2 Å². The lowest BCUT2D eigenvalue weighted by Gasteiger charge is -2.16. The third-order valence-electron chi connectivity index (χ3n) is 3.21. The van der Waals surface area contributed by atoms with Gasteiger partial charge < -0.3 is 4.74 Å². The van der Waals surface area contributed by atoms with Gasteiger partial charge in [0.25, 0.3) is 0 Å². The average Bonchev–Trinajstić information content (AvgIpc) is 2.98. The fourth-order valence-electron chi connectivity index (χ4n) is 1.99. The van der Waals surface area contributed by atoms with Gasteiger partial charge in [-0.15, -0.1) is 11.3 Å². The predicted molar refractivity (Wildman–Crippen MR) is 85.0 cm³/mol. The van der Waals surface area contributed by atoms with Crippen molar-refractivity contribution in [2.24, 2.45) is 0 Å². The van der Waals surface area contributed by atoms with Gasteiger partial charge in [-0.2, -0.15) is 0 Å². The quantitative estimate of drug-likeness (QED) is 0.840. The van der Waals surface area contributed by atoms with Crippen molar-refractivity contribution >= 4 is 21.4 Å². The molecule has 1 atom stereocenters. The summed E-state index contributed by atoms with van der Waals surface area (Å²) in [5.41, 5.74) is 0.589. The maximum Gasteiger partial charge on any atom is 0.250 e. The zero-order valence-electron chi connectivity index (χ0n) is 12.4. The van der Waals surface area contributed by atoms with Crippen molar-refractivity contribution in [3.63, 3.8) is 0 Å². The largest absolute Gasteiger partial charge is 0.375 e. The van der Waals surface area contributed by atoms with Crippen LogP contribution in [0.15, 0.2) is 40.6 Å². The van der Waals surface area contributed by atoms with Crippen LogP contribution in [-0.2, 0) is 21.2 Å². The molecule has 0 radical (unpaired) electrons. The van der Waals surface area contributed by atoms with E-state index in [1.165, 1.54) is 30.6 Å². The number of thiophene rings is 1. The first kappa shape index (κ1) is 17.1. The van der Waals surface area contributed by atoms with E-state index in [2.05, 4.69) is 4.72 Å². The van der Waals surface area contributed by atoms with Gasteiger partial charge in [0, 0.05) is 18.5 Å². The molecule has 1 unspecified atom stereocenters. The van der Waals surface area contributed by atoms with Crippen molar-refractivity contribution in [3.8, 4) is 0 Å². The smallest absolute Gasteiger partial charge is 0.250 e. The molecule has 120 valence electrons. The van der Waals surface area contributed by atoms with Gasteiger partial charge in [-0.3, -0.25) is 0 Å². The van der Waals surface area contributed by atoms with Gasteiger partial charge in [0.15, 0.2) is 0 Å².